The highest BCUT2D eigenvalue weighted by Gasteiger charge is 2.06. The molecule has 0 spiro atoms. The minimum atomic E-state index is 0.739. The maximum Gasteiger partial charge on any atom is 0.0985 e. The Kier molecular flexibility index (Phi) is 3.47. The fraction of sp³-hybridized carbons (Fsp3) is 0.400. The lowest BCUT2D eigenvalue weighted by atomic mass is 10.3. The summed E-state index contributed by atoms with van der Waals surface area (Å²) < 4.78 is 1.95. The molecule has 80 valence electrons. The molecule has 0 saturated heterocycles. The van der Waals surface area contributed by atoms with E-state index < -0.39 is 0 Å². The van der Waals surface area contributed by atoms with Gasteiger partial charge in [-0.3, -0.25) is 0 Å². The lowest BCUT2D eigenvalue weighted by Gasteiger charge is -2.03. The normalized spacial score (nSPS) is 10.7. The smallest absolute Gasteiger partial charge is 0.0985 e. The van der Waals surface area contributed by atoms with Crippen LogP contribution in [0.1, 0.15) is 12.8 Å². The van der Waals surface area contributed by atoms with Crippen LogP contribution in [0.3, 0.4) is 0 Å². The largest absolute Gasteiger partial charge is 0.330 e. The summed E-state index contributed by atoms with van der Waals surface area (Å²) in [4.78, 5) is 1.22. The molecule has 2 aromatic heterocycles. The summed E-state index contributed by atoms with van der Waals surface area (Å²) in [6.07, 6.45) is 3.90. The summed E-state index contributed by atoms with van der Waals surface area (Å²) in [5.41, 5.74) is 6.56. The second-order valence-corrected chi connectivity index (χ2v) is 4.26. The van der Waals surface area contributed by atoms with Crippen LogP contribution < -0.4 is 5.73 Å². The van der Waals surface area contributed by atoms with Crippen LogP contribution in [0.4, 0.5) is 0 Å². The van der Waals surface area contributed by atoms with E-state index in [0.29, 0.717) is 0 Å². The molecule has 2 heterocycles. The Morgan fingerprint density at radius 1 is 1.40 bits per heavy atom. The van der Waals surface area contributed by atoms with Gasteiger partial charge in [0.15, 0.2) is 0 Å². The van der Waals surface area contributed by atoms with Crippen LogP contribution in [0.15, 0.2) is 23.7 Å². The average Bonchev–Trinajstić information content (AvgIpc) is 2.87. The van der Waals surface area contributed by atoms with E-state index in [1.165, 1.54) is 4.88 Å². The number of nitrogens with zero attached hydrogens (tertiary/aromatic N) is 3. The molecule has 0 aliphatic carbocycles. The molecule has 0 aliphatic heterocycles. The van der Waals surface area contributed by atoms with Crippen molar-refractivity contribution in [1.29, 1.82) is 0 Å². The van der Waals surface area contributed by atoms with Crippen molar-refractivity contribution in [2.45, 2.75) is 19.4 Å². The first-order valence-corrected chi connectivity index (χ1v) is 5.92. The molecule has 0 unspecified atom stereocenters. The zero-order valence-electron chi connectivity index (χ0n) is 8.47. The third kappa shape index (κ3) is 2.43. The van der Waals surface area contributed by atoms with Crippen LogP contribution in [0, 0.1) is 0 Å². The van der Waals surface area contributed by atoms with Crippen molar-refractivity contribution in [1.82, 2.24) is 15.0 Å². The number of unbranched alkanes of at least 4 members (excludes halogenated alkanes) is 1. The minimum Gasteiger partial charge on any atom is -0.330 e. The van der Waals surface area contributed by atoms with Crippen LogP contribution >= 0.6 is 11.3 Å². The van der Waals surface area contributed by atoms with E-state index in [0.717, 1.165) is 31.6 Å². The van der Waals surface area contributed by atoms with Crippen LogP contribution in [0.2, 0.25) is 0 Å². The molecule has 0 bridgehead atoms. The van der Waals surface area contributed by atoms with E-state index in [-0.39, 0.29) is 0 Å². The van der Waals surface area contributed by atoms with Crippen LogP contribution in [0.5, 0.6) is 0 Å². The maximum absolute atomic E-state index is 5.46. The Morgan fingerprint density at radius 3 is 3.07 bits per heavy atom. The van der Waals surface area contributed by atoms with Gasteiger partial charge in [-0.2, -0.15) is 0 Å². The van der Waals surface area contributed by atoms with Gasteiger partial charge in [-0.05, 0) is 30.8 Å². The van der Waals surface area contributed by atoms with Gasteiger partial charge in [-0.1, -0.05) is 11.3 Å². The molecule has 2 rings (SSSR count). The predicted molar refractivity (Wildman–Crippen MR) is 61.6 cm³/mol. The maximum atomic E-state index is 5.46. The molecule has 0 fully saturated rings. The first-order valence-electron chi connectivity index (χ1n) is 5.04. The second kappa shape index (κ2) is 5.04. The summed E-state index contributed by atoms with van der Waals surface area (Å²) in [7, 11) is 0. The van der Waals surface area contributed by atoms with Crippen LogP contribution in [0.25, 0.3) is 10.6 Å². The minimum absolute atomic E-state index is 0.739. The second-order valence-electron chi connectivity index (χ2n) is 3.32. The summed E-state index contributed by atoms with van der Waals surface area (Å²) in [6.45, 7) is 1.63. The van der Waals surface area contributed by atoms with E-state index in [1.54, 1.807) is 11.3 Å². The van der Waals surface area contributed by atoms with E-state index in [4.69, 9.17) is 5.73 Å². The Labute approximate surface area is 92.7 Å². The fourth-order valence-electron chi connectivity index (χ4n) is 1.44. The lowest BCUT2D eigenvalue weighted by molar-refractivity contribution is 0.549. The van der Waals surface area contributed by atoms with Gasteiger partial charge in [0.25, 0.3) is 0 Å². The van der Waals surface area contributed by atoms with Crippen LogP contribution in [-0.2, 0) is 6.54 Å². The number of hydrogen-bond acceptors (Lipinski definition) is 4. The Bertz CT molecular complexity index is 393. The van der Waals surface area contributed by atoms with Gasteiger partial charge in [0.1, 0.15) is 0 Å². The van der Waals surface area contributed by atoms with Crippen molar-refractivity contribution in [2.24, 2.45) is 5.73 Å². The standard InChI is InChI=1S/C10H14N4S/c11-5-1-2-6-14-9(8-12-13-14)10-4-3-7-15-10/h3-4,7-8H,1-2,5-6,11H2. The van der Waals surface area contributed by atoms with Gasteiger partial charge >= 0.3 is 0 Å². The quantitative estimate of drug-likeness (QED) is 0.784. The predicted octanol–water partition coefficient (Wildman–Crippen LogP) is 1.75. The first kappa shape index (κ1) is 10.3. The van der Waals surface area contributed by atoms with Crippen molar-refractivity contribution in [3.05, 3.63) is 23.7 Å². The molecule has 0 atom stereocenters. The number of thiophene rings is 1. The molecule has 0 amide bonds. The van der Waals surface area contributed by atoms with Gasteiger partial charge in [-0.15, -0.1) is 16.4 Å². The molecular weight excluding hydrogens is 208 g/mol. The summed E-state index contributed by atoms with van der Waals surface area (Å²) >= 11 is 1.71. The zero-order chi connectivity index (χ0) is 10.5. The highest BCUT2D eigenvalue weighted by atomic mass is 32.1. The first-order chi connectivity index (χ1) is 7.42. The van der Waals surface area contributed by atoms with Gasteiger partial charge in [0, 0.05) is 6.54 Å². The molecule has 0 saturated carbocycles. The Hall–Kier alpha value is -1.20. The summed E-state index contributed by atoms with van der Waals surface area (Å²) in [6, 6.07) is 4.13. The van der Waals surface area contributed by atoms with Gasteiger partial charge in [0.2, 0.25) is 0 Å². The number of rotatable bonds is 5. The van der Waals surface area contributed by atoms with Crippen molar-refractivity contribution in [3.63, 3.8) is 0 Å². The Balaban J connectivity index is 2.09. The number of nitrogens with two attached hydrogens (primary N) is 1. The number of hydrogen-bond donors (Lipinski definition) is 1. The molecule has 0 aliphatic rings. The summed E-state index contributed by atoms with van der Waals surface area (Å²) in [5, 5.41) is 10.1. The molecular formula is C10H14N4S. The van der Waals surface area contributed by atoms with Gasteiger partial charge < -0.3 is 5.73 Å². The monoisotopic (exact) mass is 222 g/mol. The number of aromatic nitrogens is 3. The highest BCUT2D eigenvalue weighted by molar-refractivity contribution is 7.13. The van der Waals surface area contributed by atoms with Crippen molar-refractivity contribution in [3.8, 4) is 10.6 Å². The molecule has 5 heteroatoms. The molecule has 15 heavy (non-hydrogen) atoms. The highest BCUT2D eigenvalue weighted by Crippen LogP contribution is 2.23. The molecule has 4 nitrogen and oxygen atoms in total. The van der Waals surface area contributed by atoms with Crippen molar-refractivity contribution < 1.29 is 0 Å². The van der Waals surface area contributed by atoms with Crippen molar-refractivity contribution in [2.75, 3.05) is 6.54 Å². The fourth-order valence-corrected chi connectivity index (χ4v) is 2.18. The average molecular weight is 222 g/mol. The van der Waals surface area contributed by atoms with Crippen molar-refractivity contribution >= 4 is 11.3 Å². The molecule has 2 aromatic rings. The summed E-state index contributed by atoms with van der Waals surface area (Å²) in [5.74, 6) is 0. The van der Waals surface area contributed by atoms with E-state index in [2.05, 4.69) is 21.8 Å². The Morgan fingerprint density at radius 2 is 2.33 bits per heavy atom. The van der Waals surface area contributed by atoms with E-state index in [1.807, 2.05) is 16.9 Å². The van der Waals surface area contributed by atoms with Crippen LogP contribution in [-0.4, -0.2) is 21.5 Å². The van der Waals surface area contributed by atoms with E-state index in [9.17, 15) is 0 Å². The van der Waals surface area contributed by atoms with E-state index >= 15 is 0 Å². The third-order valence-corrected chi connectivity index (χ3v) is 3.11. The lowest BCUT2D eigenvalue weighted by Crippen LogP contribution is -2.05. The zero-order valence-corrected chi connectivity index (χ0v) is 9.28. The molecule has 2 N–H and O–H groups in total. The SMILES string of the molecule is NCCCCn1nncc1-c1cccs1. The topological polar surface area (TPSA) is 56.7 Å². The third-order valence-electron chi connectivity index (χ3n) is 2.22. The van der Waals surface area contributed by atoms with Gasteiger partial charge in [-0.25, -0.2) is 4.68 Å². The number of aryl methyl sites for hydroxylation is 1. The molecule has 0 aromatic carbocycles. The molecule has 0 radical (unpaired) electrons. The van der Waals surface area contributed by atoms with Gasteiger partial charge in [0.05, 0.1) is 16.8 Å².